The maximum Gasteiger partial charge on any atom is 0.263 e. The van der Waals surface area contributed by atoms with E-state index in [0.717, 1.165) is 15.7 Å². The van der Waals surface area contributed by atoms with Gasteiger partial charge in [-0.3, -0.25) is 33.6 Å². The third-order valence-electron chi connectivity index (χ3n) is 4.14. The van der Waals surface area contributed by atoms with E-state index in [2.05, 4.69) is 27.9 Å². The fourth-order valence-corrected chi connectivity index (χ4v) is 5.15. The maximum atomic E-state index is 12.8. The van der Waals surface area contributed by atoms with Crippen LogP contribution in [0.15, 0.2) is 23.1 Å². The van der Waals surface area contributed by atoms with E-state index in [0.29, 0.717) is 10.6 Å². The van der Waals surface area contributed by atoms with Gasteiger partial charge in [0.05, 0.1) is 26.8 Å². The molecule has 9 heteroatoms. The first-order valence-electron chi connectivity index (χ1n) is 7.74. The van der Waals surface area contributed by atoms with Gasteiger partial charge in [0.25, 0.3) is 11.8 Å². The minimum absolute atomic E-state index is 0.0677. The Bertz CT molecular complexity index is 810. The molecule has 1 aromatic rings. The number of alkyl halides is 1. The van der Waals surface area contributed by atoms with Crippen molar-refractivity contribution in [2.45, 2.75) is 30.2 Å². The van der Waals surface area contributed by atoms with Crippen LogP contribution in [0.2, 0.25) is 0 Å². The maximum absolute atomic E-state index is 12.8. The summed E-state index contributed by atoms with van der Waals surface area (Å²) in [7, 11) is -1.39. The largest absolute Gasteiger partial charge is 0.295 e. The van der Waals surface area contributed by atoms with Crippen LogP contribution in [-0.2, 0) is 20.4 Å². The SMILES string of the molecule is O=C1CCC(N2C(=O)c3cccc(S(=O)CCCI)c3C2=O)C(=O)N1. The van der Waals surface area contributed by atoms with Gasteiger partial charge in [0.15, 0.2) is 0 Å². The van der Waals surface area contributed by atoms with E-state index in [-0.39, 0.29) is 24.0 Å². The van der Waals surface area contributed by atoms with Gasteiger partial charge in [-0.05, 0) is 25.0 Å². The monoisotopic (exact) mass is 474 g/mol. The Hall–Kier alpha value is -1.62. The first kappa shape index (κ1) is 18.2. The molecule has 3 rings (SSSR count). The van der Waals surface area contributed by atoms with Gasteiger partial charge in [-0.1, -0.05) is 28.7 Å². The second kappa shape index (κ2) is 7.32. The molecule has 2 aliphatic rings. The predicted octanol–water partition coefficient (Wildman–Crippen LogP) is 1.02. The fraction of sp³-hybridized carbons (Fsp3) is 0.375. The van der Waals surface area contributed by atoms with E-state index in [1.54, 1.807) is 12.1 Å². The predicted molar refractivity (Wildman–Crippen MR) is 97.9 cm³/mol. The molecule has 1 saturated heterocycles. The zero-order valence-corrected chi connectivity index (χ0v) is 16.1. The molecule has 2 heterocycles. The number of carbonyl (C=O) groups excluding carboxylic acids is 4. The van der Waals surface area contributed by atoms with Gasteiger partial charge in [-0.25, -0.2) is 0 Å². The smallest absolute Gasteiger partial charge is 0.263 e. The van der Waals surface area contributed by atoms with Crippen molar-refractivity contribution in [1.82, 2.24) is 10.2 Å². The lowest BCUT2D eigenvalue weighted by Crippen LogP contribution is -2.54. The summed E-state index contributed by atoms with van der Waals surface area (Å²) in [4.78, 5) is 50.1. The molecule has 132 valence electrons. The molecule has 0 bridgehead atoms. The second-order valence-electron chi connectivity index (χ2n) is 5.72. The number of hydrogen-bond donors (Lipinski definition) is 1. The number of imide groups is 2. The van der Waals surface area contributed by atoms with Gasteiger partial charge in [0.2, 0.25) is 11.8 Å². The molecule has 0 radical (unpaired) electrons. The molecule has 0 saturated carbocycles. The molecule has 0 aliphatic carbocycles. The van der Waals surface area contributed by atoms with Crippen molar-refractivity contribution >= 4 is 57.0 Å². The van der Waals surface area contributed by atoms with Crippen molar-refractivity contribution in [2.75, 3.05) is 10.2 Å². The number of halogens is 1. The zero-order valence-electron chi connectivity index (χ0n) is 13.1. The summed E-state index contributed by atoms with van der Waals surface area (Å²) in [6.45, 7) is 0. The summed E-state index contributed by atoms with van der Waals surface area (Å²) in [6.07, 6.45) is 0.900. The van der Waals surface area contributed by atoms with Crippen molar-refractivity contribution in [3.8, 4) is 0 Å². The number of hydrogen-bond acceptors (Lipinski definition) is 5. The second-order valence-corrected chi connectivity index (χ2v) is 8.34. The molecule has 2 unspecified atom stereocenters. The minimum atomic E-state index is -1.39. The molecule has 0 spiro atoms. The molecule has 25 heavy (non-hydrogen) atoms. The van der Waals surface area contributed by atoms with Crippen molar-refractivity contribution in [1.29, 1.82) is 0 Å². The van der Waals surface area contributed by atoms with Crippen LogP contribution in [0, 0.1) is 0 Å². The van der Waals surface area contributed by atoms with Gasteiger partial charge in [-0.15, -0.1) is 0 Å². The lowest BCUT2D eigenvalue weighted by atomic mass is 10.0. The van der Waals surface area contributed by atoms with Gasteiger partial charge in [0.1, 0.15) is 6.04 Å². The Morgan fingerprint density at radius 1 is 1.20 bits per heavy atom. The summed E-state index contributed by atoms with van der Waals surface area (Å²) < 4.78 is 13.3. The summed E-state index contributed by atoms with van der Waals surface area (Å²) in [5.41, 5.74) is 0.277. The third-order valence-corrected chi connectivity index (χ3v) is 6.39. The highest BCUT2D eigenvalue weighted by molar-refractivity contribution is 14.1. The number of fused-ring (bicyclic) bond motifs is 1. The molecule has 2 atom stereocenters. The van der Waals surface area contributed by atoms with E-state index in [9.17, 15) is 23.4 Å². The third kappa shape index (κ3) is 3.26. The Labute approximate surface area is 160 Å². The molecule has 2 aliphatic heterocycles. The van der Waals surface area contributed by atoms with Crippen LogP contribution in [0.4, 0.5) is 0 Å². The molecule has 1 fully saturated rings. The van der Waals surface area contributed by atoms with E-state index < -0.39 is 40.5 Å². The van der Waals surface area contributed by atoms with E-state index in [1.165, 1.54) is 6.07 Å². The Kier molecular flexibility index (Phi) is 5.32. The highest BCUT2D eigenvalue weighted by Gasteiger charge is 2.45. The van der Waals surface area contributed by atoms with E-state index >= 15 is 0 Å². The number of nitrogens with one attached hydrogen (secondary N) is 1. The van der Waals surface area contributed by atoms with Gasteiger partial charge in [-0.2, -0.15) is 0 Å². The van der Waals surface area contributed by atoms with Crippen LogP contribution in [0.1, 0.15) is 40.0 Å². The first-order valence-corrected chi connectivity index (χ1v) is 10.6. The summed E-state index contributed by atoms with van der Waals surface area (Å²) in [5, 5.41) is 2.15. The quantitative estimate of drug-likeness (QED) is 0.390. The molecule has 1 aromatic carbocycles. The number of amides is 4. The zero-order chi connectivity index (χ0) is 18.1. The summed E-state index contributed by atoms with van der Waals surface area (Å²) >= 11 is 2.19. The average molecular weight is 474 g/mol. The summed E-state index contributed by atoms with van der Waals surface area (Å²) in [6, 6.07) is 3.66. The Morgan fingerprint density at radius 2 is 1.96 bits per heavy atom. The highest BCUT2D eigenvalue weighted by atomic mass is 127. The Morgan fingerprint density at radius 3 is 2.64 bits per heavy atom. The lowest BCUT2D eigenvalue weighted by molar-refractivity contribution is -0.136. The van der Waals surface area contributed by atoms with Gasteiger partial charge < -0.3 is 0 Å². The van der Waals surface area contributed by atoms with Crippen LogP contribution in [0.5, 0.6) is 0 Å². The van der Waals surface area contributed by atoms with Crippen LogP contribution in [-0.4, -0.2) is 49.0 Å². The normalized spacial score (nSPS) is 21.3. The van der Waals surface area contributed by atoms with Crippen LogP contribution < -0.4 is 5.32 Å². The van der Waals surface area contributed by atoms with Crippen LogP contribution in [0.25, 0.3) is 0 Å². The standard InChI is InChI=1S/C16H15IN2O5S/c17-7-2-8-25(24)11-4-1-3-9-13(11)16(23)19(15(9)22)10-5-6-12(20)18-14(10)21/h1,3-4,10H,2,5-8H2,(H,18,20,21). The molecule has 4 amide bonds. The van der Waals surface area contributed by atoms with E-state index in [1.807, 2.05) is 0 Å². The van der Waals surface area contributed by atoms with E-state index in [4.69, 9.17) is 0 Å². The first-order chi connectivity index (χ1) is 12.0. The van der Waals surface area contributed by atoms with Crippen LogP contribution in [0.3, 0.4) is 0 Å². The van der Waals surface area contributed by atoms with Crippen molar-refractivity contribution < 1.29 is 23.4 Å². The molecular formula is C16H15IN2O5S. The van der Waals surface area contributed by atoms with Gasteiger partial charge >= 0.3 is 0 Å². The summed E-state index contributed by atoms with van der Waals surface area (Å²) in [5.74, 6) is -1.87. The molecule has 7 nitrogen and oxygen atoms in total. The molecular weight excluding hydrogens is 459 g/mol. The number of piperidine rings is 1. The molecule has 0 aromatic heterocycles. The lowest BCUT2D eigenvalue weighted by Gasteiger charge is -2.27. The van der Waals surface area contributed by atoms with Crippen molar-refractivity contribution in [2.24, 2.45) is 0 Å². The number of nitrogens with zero attached hydrogens (tertiary/aromatic N) is 1. The number of carbonyl (C=O) groups is 4. The van der Waals surface area contributed by atoms with Gasteiger partial charge in [0, 0.05) is 16.6 Å². The van der Waals surface area contributed by atoms with Crippen molar-refractivity contribution in [3.05, 3.63) is 29.3 Å². The highest BCUT2D eigenvalue weighted by Crippen LogP contribution is 2.31. The Balaban J connectivity index is 1.95. The number of benzene rings is 1. The minimum Gasteiger partial charge on any atom is -0.295 e. The average Bonchev–Trinajstić information content (AvgIpc) is 2.84. The van der Waals surface area contributed by atoms with Crippen LogP contribution >= 0.6 is 22.6 Å². The van der Waals surface area contributed by atoms with Crippen molar-refractivity contribution in [3.63, 3.8) is 0 Å². The topological polar surface area (TPSA) is 101 Å². The molecule has 1 N–H and O–H groups in total. The fourth-order valence-electron chi connectivity index (χ4n) is 2.97. The number of rotatable bonds is 5.